The molecule has 0 unspecified atom stereocenters. The van der Waals surface area contributed by atoms with Gasteiger partial charge in [0.05, 0.1) is 18.0 Å². The highest BCUT2D eigenvalue weighted by Crippen LogP contribution is 2.33. The summed E-state index contributed by atoms with van der Waals surface area (Å²) in [5, 5.41) is 7.14. The van der Waals surface area contributed by atoms with E-state index in [4.69, 9.17) is 0 Å². The van der Waals surface area contributed by atoms with Crippen molar-refractivity contribution in [2.45, 2.75) is 18.8 Å². The summed E-state index contributed by atoms with van der Waals surface area (Å²) < 4.78 is 25.1. The Morgan fingerprint density at radius 3 is 2.65 bits per heavy atom. The van der Waals surface area contributed by atoms with Crippen LogP contribution in [-0.2, 0) is 10.0 Å². The predicted octanol–water partition coefficient (Wildman–Crippen LogP) is 3.56. The quantitative estimate of drug-likeness (QED) is 0.489. The van der Waals surface area contributed by atoms with Crippen LogP contribution in [0.1, 0.15) is 34.3 Å². The number of pyridine rings is 1. The van der Waals surface area contributed by atoms with Crippen LogP contribution in [0.3, 0.4) is 0 Å². The number of piperidine rings is 1. The molecule has 0 saturated carbocycles. The molecular formula is C21H21N5O3S2. The number of thiazole rings is 1. The fraction of sp³-hybridized carbons (Fsp3) is 0.286. The molecule has 0 spiro atoms. The molecule has 1 aromatic carbocycles. The fourth-order valence-corrected chi connectivity index (χ4v) is 5.52. The van der Waals surface area contributed by atoms with Crippen LogP contribution in [0.5, 0.6) is 0 Å². The summed E-state index contributed by atoms with van der Waals surface area (Å²) >= 11 is 1.30. The molecule has 1 saturated heterocycles. The van der Waals surface area contributed by atoms with E-state index in [-0.39, 0.29) is 11.8 Å². The van der Waals surface area contributed by atoms with Crippen molar-refractivity contribution < 1.29 is 13.2 Å². The van der Waals surface area contributed by atoms with Crippen molar-refractivity contribution in [2.75, 3.05) is 24.7 Å². The Bertz CT molecular complexity index is 1370. The molecule has 31 heavy (non-hydrogen) atoms. The number of H-pyrrole nitrogens is 1. The third kappa shape index (κ3) is 3.93. The average molecular weight is 456 g/mol. The highest BCUT2D eigenvalue weighted by Gasteiger charge is 2.26. The van der Waals surface area contributed by atoms with Crippen LogP contribution in [0, 0.1) is 0 Å². The van der Waals surface area contributed by atoms with Gasteiger partial charge in [0.15, 0.2) is 5.01 Å². The molecule has 1 fully saturated rings. The van der Waals surface area contributed by atoms with Gasteiger partial charge >= 0.3 is 0 Å². The zero-order valence-corrected chi connectivity index (χ0v) is 18.5. The van der Waals surface area contributed by atoms with Crippen molar-refractivity contribution in [1.29, 1.82) is 0 Å². The molecule has 1 amide bonds. The summed E-state index contributed by atoms with van der Waals surface area (Å²) in [4.78, 5) is 24.4. The van der Waals surface area contributed by atoms with Gasteiger partial charge in [-0.05, 0) is 37.1 Å². The fourth-order valence-electron chi connectivity index (χ4n) is 4.12. The Morgan fingerprint density at radius 1 is 1.16 bits per heavy atom. The van der Waals surface area contributed by atoms with Gasteiger partial charge < -0.3 is 10.3 Å². The molecule has 3 aromatic heterocycles. The molecule has 0 radical (unpaired) electrons. The second-order valence-corrected chi connectivity index (χ2v) is 10.6. The summed E-state index contributed by atoms with van der Waals surface area (Å²) in [5.74, 6) is -0.00526. The number of anilines is 1. The van der Waals surface area contributed by atoms with Gasteiger partial charge in [0.2, 0.25) is 10.0 Å². The predicted molar refractivity (Wildman–Crippen MR) is 122 cm³/mol. The van der Waals surface area contributed by atoms with Crippen molar-refractivity contribution in [3.05, 3.63) is 52.7 Å². The summed E-state index contributed by atoms with van der Waals surface area (Å²) in [7, 11) is -3.15. The number of sulfonamides is 1. The average Bonchev–Trinajstić information content (AvgIpc) is 3.41. The third-order valence-corrected chi connectivity index (χ3v) is 7.80. The zero-order chi connectivity index (χ0) is 21.6. The maximum atomic E-state index is 12.3. The molecule has 0 atom stereocenters. The smallest absolute Gasteiger partial charge is 0.284 e. The molecule has 0 bridgehead atoms. The van der Waals surface area contributed by atoms with Crippen LogP contribution in [-0.4, -0.2) is 52.9 Å². The zero-order valence-electron chi connectivity index (χ0n) is 16.8. The standard InChI is InChI=1S/C21H21N5O3S2/c1-31(28,29)26-7-4-13(5-8-26)18-11-16-15-10-14(24-20(27)21-22-6-9-30-21)2-3-17(15)25-19(16)12-23-18/h2-3,6,9-13,25H,4-5,7-8H2,1H3,(H,24,27). The Morgan fingerprint density at radius 2 is 1.94 bits per heavy atom. The van der Waals surface area contributed by atoms with E-state index in [0.29, 0.717) is 23.8 Å². The minimum atomic E-state index is -3.15. The molecule has 8 nitrogen and oxygen atoms in total. The highest BCUT2D eigenvalue weighted by atomic mass is 32.2. The number of aromatic amines is 1. The first-order valence-electron chi connectivity index (χ1n) is 9.96. The molecule has 10 heteroatoms. The first kappa shape index (κ1) is 20.1. The number of benzene rings is 1. The van der Waals surface area contributed by atoms with E-state index < -0.39 is 10.0 Å². The minimum absolute atomic E-state index is 0.222. The summed E-state index contributed by atoms with van der Waals surface area (Å²) in [6.07, 6.45) is 6.21. The normalized spacial score (nSPS) is 16.2. The number of aromatic nitrogens is 3. The van der Waals surface area contributed by atoms with Gasteiger partial charge in [-0.15, -0.1) is 11.3 Å². The second-order valence-electron chi connectivity index (χ2n) is 7.77. The van der Waals surface area contributed by atoms with Crippen molar-refractivity contribution in [2.24, 2.45) is 0 Å². The number of hydrogen-bond acceptors (Lipinski definition) is 6. The van der Waals surface area contributed by atoms with Crippen LogP contribution < -0.4 is 5.32 Å². The van der Waals surface area contributed by atoms with Gasteiger partial charge in [-0.25, -0.2) is 17.7 Å². The van der Waals surface area contributed by atoms with E-state index in [2.05, 4.69) is 26.3 Å². The van der Waals surface area contributed by atoms with Crippen LogP contribution in [0.4, 0.5) is 5.69 Å². The third-order valence-electron chi connectivity index (χ3n) is 5.73. The Balaban J connectivity index is 1.44. The Labute approximate surface area is 183 Å². The molecule has 0 aliphatic carbocycles. The lowest BCUT2D eigenvalue weighted by atomic mass is 9.93. The number of fused-ring (bicyclic) bond motifs is 3. The second kappa shape index (κ2) is 7.70. The van der Waals surface area contributed by atoms with Gasteiger partial charge in [0.25, 0.3) is 5.91 Å². The molecular weight excluding hydrogens is 434 g/mol. The van der Waals surface area contributed by atoms with Gasteiger partial charge in [-0.3, -0.25) is 9.78 Å². The SMILES string of the molecule is CS(=O)(=O)N1CCC(c2cc3c(cn2)[nH]c2ccc(NC(=O)c4nccs4)cc23)CC1. The number of hydrogen-bond donors (Lipinski definition) is 2. The van der Waals surface area contributed by atoms with Crippen molar-refractivity contribution >= 4 is 54.8 Å². The molecule has 4 aromatic rings. The first-order chi connectivity index (χ1) is 14.9. The maximum Gasteiger partial charge on any atom is 0.284 e. The van der Waals surface area contributed by atoms with Crippen LogP contribution in [0.25, 0.3) is 21.8 Å². The lowest BCUT2D eigenvalue weighted by molar-refractivity contribution is 0.102. The summed E-state index contributed by atoms with van der Waals surface area (Å²) in [5.41, 5.74) is 3.57. The number of rotatable bonds is 4. The van der Waals surface area contributed by atoms with E-state index in [1.54, 1.807) is 11.6 Å². The number of carbonyl (C=O) groups is 1. The van der Waals surface area contributed by atoms with Crippen molar-refractivity contribution in [3.63, 3.8) is 0 Å². The van der Waals surface area contributed by atoms with Crippen LogP contribution >= 0.6 is 11.3 Å². The van der Waals surface area contributed by atoms with Crippen LogP contribution in [0.2, 0.25) is 0 Å². The van der Waals surface area contributed by atoms with Crippen LogP contribution in [0.15, 0.2) is 42.0 Å². The maximum absolute atomic E-state index is 12.3. The molecule has 5 rings (SSSR count). The van der Waals surface area contributed by atoms with Crippen molar-refractivity contribution in [3.8, 4) is 0 Å². The van der Waals surface area contributed by atoms with Gasteiger partial charge in [0, 0.05) is 58.3 Å². The lowest BCUT2D eigenvalue weighted by Gasteiger charge is -2.29. The molecule has 4 heterocycles. The minimum Gasteiger partial charge on any atom is -0.353 e. The van der Waals surface area contributed by atoms with Gasteiger partial charge in [-0.2, -0.15) is 0 Å². The molecule has 1 aliphatic rings. The van der Waals surface area contributed by atoms with E-state index in [9.17, 15) is 13.2 Å². The molecule has 160 valence electrons. The van der Waals surface area contributed by atoms with Crippen molar-refractivity contribution in [1.82, 2.24) is 19.3 Å². The summed E-state index contributed by atoms with van der Waals surface area (Å²) in [6.45, 7) is 1.04. The number of nitrogens with one attached hydrogen (secondary N) is 2. The van der Waals surface area contributed by atoms with E-state index in [1.807, 2.05) is 24.4 Å². The Kier molecular flexibility index (Phi) is 4.99. The number of amides is 1. The monoisotopic (exact) mass is 455 g/mol. The Hall–Kier alpha value is -2.82. The topological polar surface area (TPSA) is 108 Å². The number of carbonyl (C=O) groups excluding carboxylic acids is 1. The summed E-state index contributed by atoms with van der Waals surface area (Å²) in [6, 6.07) is 7.84. The first-order valence-corrected chi connectivity index (χ1v) is 12.7. The van der Waals surface area contributed by atoms with Gasteiger partial charge in [0.1, 0.15) is 0 Å². The molecule has 2 N–H and O–H groups in total. The molecule has 1 aliphatic heterocycles. The number of nitrogens with zero attached hydrogens (tertiary/aromatic N) is 3. The highest BCUT2D eigenvalue weighted by molar-refractivity contribution is 7.88. The largest absolute Gasteiger partial charge is 0.353 e. The van der Waals surface area contributed by atoms with E-state index in [0.717, 1.165) is 40.3 Å². The van der Waals surface area contributed by atoms with E-state index >= 15 is 0 Å². The van der Waals surface area contributed by atoms with E-state index in [1.165, 1.54) is 21.9 Å². The lowest BCUT2D eigenvalue weighted by Crippen LogP contribution is -2.37. The van der Waals surface area contributed by atoms with Gasteiger partial charge in [-0.1, -0.05) is 0 Å².